The van der Waals surface area contributed by atoms with Gasteiger partial charge in [0.05, 0.1) is 3.57 Å². The van der Waals surface area contributed by atoms with Gasteiger partial charge in [0.15, 0.2) is 0 Å². The van der Waals surface area contributed by atoms with Gasteiger partial charge in [-0.05, 0) is 59.0 Å². The van der Waals surface area contributed by atoms with Crippen LogP contribution in [0.4, 0.5) is 0 Å². The van der Waals surface area contributed by atoms with Crippen LogP contribution in [0.2, 0.25) is 0 Å². The van der Waals surface area contributed by atoms with Crippen molar-refractivity contribution in [1.82, 2.24) is 5.32 Å². The summed E-state index contributed by atoms with van der Waals surface area (Å²) in [7, 11) is 0. The number of carbonyl (C=O) groups excluding carboxylic acids is 1. The lowest BCUT2D eigenvalue weighted by atomic mass is 9.88. The number of phenols is 1. The Morgan fingerprint density at radius 2 is 2.11 bits per heavy atom. The number of phenolic OH excluding ortho intramolecular Hbond substituents is 1. The molecule has 0 spiro atoms. The second-order valence-electron chi connectivity index (χ2n) is 5.34. The van der Waals surface area contributed by atoms with Crippen LogP contribution in [0, 0.1) is 8.99 Å². The molecule has 0 saturated carbocycles. The average molecular weight is 377 g/mol. The first-order chi connectivity index (χ1) is 8.85. The number of aliphatic hydroxyl groups excluding tert-OH is 1. The lowest BCUT2D eigenvalue weighted by molar-refractivity contribution is 0.0932. The molecule has 0 atom stereocenters. The number of halogens is 1. The number of aliphatic hydroxyl groups is 1. The molecule has 106 valence electrons. The summed E-state index contributed by atoms with van der Waals surface area (Å²) in [4.78, 5) is 12.0. The predicted octanol–water partition coefficient (Wildman–Crippen LogP) is 2.53. The van der Waals surface area contributed by atoms with Crippen molar-refractivity contribution in [3.63, 3.8) is 0 Å². The van der Waals surface area contributed by atoms with Crippen LogP contribution in [0.5, 0.6) is 5.75 Å². The van der Waals surface area contributed by atoms with E-state index in [1.807, 2.05) is 36.4 Å². The second kappa shape index (κ2) is 7.09. The zero-order valence-corrected chi connectivity index (χ0v) is 13.4. The van der Waals surface area contributed by atoms with Crippen molar-refractivity contribution in [2.75, 3.05) is 13.2 Å². The molecule has 1 aromatic rings. The molecule has 0 aliphatic carbocycles. The van der Waals surface area contributed by atoms with Crippen molar-refractivity contribution in [3.8, 4) is 5.75 Å². The SMILES string of the molecule is CC(C)(CCCO)CNC(=O)c1ccc(I)c(O)c1. The molecule has 0 aliphatic rings. The maximum absolute atomic E-state index is 12.0. The van der Waals surface area contributed by atoms with Crippen LogP contribution in [0.15, 0.2) is 18.2 Å². The van der Waals surface area contributed by atoms with Crippen LogP contribution >= 0.6 is 22.6 Å². The van der Waals surface area contributed by atoms with E-state index >= 15 is 0 Å². The first-order valence-corrected chi connectivity index (χ1v) is 7.31. The predicted molar refractivity (Wildman–Crippen MR) is 83.3 cm³/mol. The Morgan fingerprint density at radius 1 is 1.42 bits per heavy atom. The van der Waals surface area contributed by atoms with E-state index < -0.39 is 0 Å². The summed E-state index contributed by atoms with van der Waals surface area (Å²) in [6.45, 7) is 4.81. The van der Waals surface area contributed by atoms with E-state index in [-0.39, 0.29) is 23.7 Å². The number of aromatic hydroxyl groups is 1. The maximum atomic E-state index is 12.0. The number of nitrogens with one attached hydrogen (secondary N) is 1. The number of amides is 1. The third kappa shape index (κ3) is 5.36. The highest BCUT2D eigenvalue weighted by molar-refractivity contribution is 14.1. The first kappa shape index (κ1) is 16.2. The van der Waals surface area contributed by atoms with E-state index in [2.05, 4.69) is 5.32 Å². The number of hydrogen-bond acceptors (Lipinski definition) is 3. The minimum absolute atomic E-state index is 0.0519. The van der Waals surface area contributed by atoms with E-state index in [0.717, 1.165) is 16.4 Å². The van der Waals surface area contributed by atoms with Gasteiger partial charge in [-0.15, -0.1) is 0 Å². The standard InChI is InChI=1S/C14H20INO3/c1-14(2,6-3-7-17)9-16-13(19)10-4-5-11(15)12(18)8-10/h4-5,8,17-18H,3,6-7,9H2,1-2H3,(H,16,19). The third-order valence-electron chi connectivity index (χ3n) is 2.95. The third-order valence-corrected chi connectivity index (χ3v) is 3.86. The fourth-order valence-electron chi connectivity index (χ4n) is 1.72. The van der Waals surface area contributed by atoms with Gasteiger partial charge in [0.25, 0.3) is 5.91 Å². The largest absolute Gasteiger partial charge is 0.507 e. The zero-order valence-electron chi connectivity index (χ0n) is 11.2. The molecule has 0 heterocycles. The van der Waals surface area contributed by atoms with Crippen molar-refractivity contribution in [3.05, 3.63) is 27.3 Å². The van der Waals surface area contributed by atoms with Crippen LogP contribution in [-0.2, 0) is 0 Å². The Bertz CT molecular complexity index is 446. The summed E-state index contributed by atoms with van der Waals surface area (Å²) in [5.41, 5.74) is 0.403. The molecule has 0 aromatic heterocycles. The molecule has 4 nitrogen and oxygen atoms in total. The molecule has 0 aliphatic heterocycles. The molecule has 0 unspecified atom stereocenters. The Kier molecular flexibility index (Phi) is 6.06. The van der Waals surface area contributed by atoms with Gasteiger partial charge in [-0.2, -0.15) is 0 Å². The van der Waals surface area contributed by atoms with Gasteiger partial charge in [-0.3, -0.25) is 4.79 Å². The van der Waals surface area contributed by atoms with Crippen molar-refractivity contribution in [1.29, 1.82) is 0 Å². The number of rotatable bonds is 6. The van der Waals surface area contributed by atoms with Crippen molar-refractivity contribution in [2.24, 2.45) is 5.41 Å². The lowest BCUT2D eigenvalue weighted by Crippen LogP contribution is -2.34. The zero-order chi connectivity index (χ0) is 14.5. The van der Waals surface area contributed by atoms with E-state index in [9.17, 15) is 9.90 Å². The highest BCUT2D eigenvalue weighted by Crippen LogP contribution is 2.22. The van der Waals surface area contributed by atoms with E-state index in [0.29, 0.717) is 12.1 Å². The highest BCUT2D eigenvalue weighted by Gasteiger charge is 2.19. The Balaban J connectivity index is 2.57. The Hall–Kier alpha value is -0.820. The summed E-state index contributed by atoms with van der Waals surface area (Å²) in [5, 5.41) is 21.3. The monoisotopic (exact) mass is 377 g/mol. The van der Waals surface area contributed by atoms with Crippen molar-refractivity contribution in [2.45, 2.75) is 26.7 Å². The van der Waals surface area contributed by atoms with E-state index in [1.165, 1.54) is 6.07 Å². The van der Waals surface area contributed by atoms with Crippen LogP contribution in [0.1, 0.15) is 37.0 Å². The molecule has 1 aromatic carbocycles. The summed E-state index contributed by atoms with van der Waals surface area (Å²) in [6.07, 6.45) is 1.58. The van der Waals surface area contributed by atoms with Gasteiger partial charge in [0, 0.05) is 18.7 Å². The molecular formula is C14H20INO3. The van der Waals surface area contributed by atoms with Crippen LogP contribution in [-0.4, -0.2) is 29.3 Å². The van der Waals surface area contributed by atoms with Gasteiger partial charge >= 0.3 is 0 Å². The molecule has 5 heteroatoms. The summed E-state index contributed by atoms with van der Waals surface area (Å²) < 4.78 is 0.720. The number of benzene rings is 1. The number of hydrogen-bond donors (Lipinski definition) is 3. The van der Waals surface area contributed by atoms with E-state index in [1.54, 1.807) is 12.1 Å². The maximum Gasteiger partial charge on any atom is 0.251 e. The quantitative estimate of drug-likeness (QED) is 0.668. The molecule has 3 N–H and O–H groups in total. The average Bonchev–Trinajstić information content (AvgIpc) is 2.37. The van der Waals surface area contributed by atoms with E-state index in [4.69, 9.17) is 5.11 Å². The first-order valence-electron chi connectivity index (χ1n) is 6.23. The molecule has 0 saturated heterocycles. The van der Waals surface area contributed by atoms with Crippen LogP contribution in [0.3, 0.4) is 0 Å². The molecule has 1 amide bonds. The fourth-order valence-corrected chi connectivity index (χ4v) is 2.06. The molecule has 0 radical (unpaired) electrons. The minimum atomic E-state index is -0.191. The fraction of sp³-hybridized carbons (Fsp3) is 0.500. The van der Waals surface area contributed by atoms with Crippen LogP contribution in [0.25, 0.3) is 0 Å². The number of carbonyl (C=O) groups is 1. The van der Waals surface area contributed by atoms with Gasteiger partial charge in [0.2, 0.25) is 0 Å². The second-order valence-corrected chi connectivity index (χ2v) is 6.50. The summed E-state index contributed by atoms with van der Waals surface area (Å²) >= 11 is 2.01. The molecule has 1 rings (SSSR count). The molecule has 0 fully saturated rings. The molecular weight excluding hydrogens is 357 g/mol. The Labute approximate surface area is 127 Å². The van der Waals surface area contributed by atoms with Gasteiger partial charge in [-0.1, -0.05) is 13.8 Å². The molecule has 19 heavy (non-hydrogen) atoms. The smallest absolute Gasteiger partial charge is 0.251 e. The summed E-state index contributed by atoms with van der Waals surface area (Å²) in [5.74, 6) is -0.0726. The summed E-state index contributed by atoms with van der Waals surface area (Å²) in [6, 6.07) is 4.87. The van der Waals surface area contributed by atoms with Gasteiger partial charge < -0.3 is 15.5 Å². The molecule has 0 bridgehead atoms. The van der Waals surface area contributed by atoms with Gasteiger partial charge in [0.1, 0.15) is 5.75 Å². The normalized spacial score (nSPS) is 11.4. The van der Waals surface area contributed by atoms with Crippen molar-refractivity contribution >= 4 is 28.5 Å². The highest BCUT2D eigenvalue weighted by atomic mass is 127. The van der Waals surface area contributed by atoms with Crippen molar-refractivity contribution < 1.29 is 15.0 Å². The van der Waals surface area contributed by atoms with Gasteiger partial charge in [-0.25, -0.2) is 0 Å². The topological polar surface area (TPSA) is 69.6 Å². The minimum Gasteiger partial charge on any atom is -0.507 e. The Morgan fingerprint density at radius 3 is 2.68 bits per heavy atom. The lowest BCUT2D eigenvalue weighted by Gasteiger charge is -2.24. The van der Waals surface area contributed by atoms with Crippen LogP contribution < -0.4 is 5.32 Å².